The van der Waals surface area contributed by atoms with E-state index in [1.807, 2.05) is 0 Å². The Bertz CT molecular complexity index is 415. The van der Waals surface area contributed by atoms with E-state index in [0.717, 1.165) is 12.8 Å². The van der Waals surface area contributed by atoms with Crippen LogP contribution >= 0.6 is 11.9 Å². The average Bonchev–Trinajstić information content (AvgIpc) is 2.38. The summed E-state index contributed by atoms with van der Waals surface area (Å²) in [5.74, 6) is 0. The Morgan fingerprint density at radius 3 is 2.47 bits per heavy atom. The van der Waals surface area contributed by atoms with Gasteiger partial charge in [-0.3, -0.25) is 4.72 Å². The molecular weight excluding hydrogens is 250 g/mol. The second kappa shape index (κ2) is 9.00. The third kappa shape index (κ3) is 6.65. The van der Waals surface area contributed by atoms with Crippen LogP contribution in [0.15, 0.2) is 53.0 Å². The second-order valence-corrected chi connectivity index (χ2v) is 5.79. The second-order valence-electron chi connectivity index (χ2n) is 4.88. The van der Waals surface area contributed by atoms with Gasteiger partial charge < -0.3 is 0 Å². The molecule has 0 saturated carbocycles. The molecule has 0 aliphatic heterocycles. The van der Waals surface area contributed by atoms with Crippen molar-refractivity contribution in [1.29, 1.82) is 0 Å². The fourth-order valence-corrected chi connectivity index (χ4v) is 2.42. The van der Waals surface area contributed by atoms with Crippen molar-refractivity contribution in [2.24, 2.45) is 0 Å². The fourth-order valence-electron chi connectivity index (χ4n) is 1.77. The van der Waals surface area contributed by atoms with Gasteiger partial charge in [0, 0.05) is 10.9 Å². The van der Waals surface area contributed by atoms with Gasteiger partial charge in [-0.25, -0.2) is 0 Å². The van der Waals surface area contributed by atoms with Crippen LogP contribution in [0.5, 0.6) is 0 Å². The van der Waals surface area contributed by atoms with Gasteiger partial charge in [0.15, 0.2) is 0 Å². The quantitative estimate of drug-likeness (QED) is 0.546. The molecule has 0 heterocycles. The third-order valence-electron chi connectivity index (χ3n) is 2.59. The fraction of sp³-hybridized carbons (Fsp3) is 0.412. The minimum Gasteiger partial charge on any atom is -0.257 e. The maximum Gasteiger partial charge on any atom is 0.0228 e. The molecule has 0 unspecified atom stereocenters. The molecule has 1 nitrogen and oxygen atoms in total. The van der Waals surface area contributed by atoms with Crippen LogP contribution in [0, 0.1) is 0 Å². The largest absolute Gasteiger partial charge is 0.257 e. The highest BCUT2D eigenvalue weighted by Gasteiger charge is 1.99. The zero-order valence-electron chi connectivity index (χ0n) is 12.4. The Kier molecular flexibility index (Phi) is 7.61. The van der Waals surface area contributed by atoms with Gasteiger partial charge >= 0.3 is 0 Å². The van der Waals surface area contributed by atoms with Gasteiger partial charge in [-0.2, -0.15) is 0 Å². The Morgan fingerprint density at radius 2 is 1.95 bits per heavy atom. The van der Waals surface area contributed by atoms with Gasteiger partial charge in [0.05, 0.1) is 0 Å². The summed E-state index contributed by atoms with van der Waals surface area (Å²) in [6.45, 7) is 8.56. The third-order valence-corrected chi connectivity index (χ3v) is 3.69. The molecule has 0 radical (unpaired) electrons. The summed E-state index contributed by atoms with van der Waals surface area (Å²) in [6, 6.07) is 9.32. The van der Waals surface area contributed by atoms with Gasteiger partial charge in [-0.15, -0.1) is 0 Å². The topological polar surface area (TPSA) is 12.0 Å². The maximum absolute atomic E-state index is 3.36. The normalized spacial score (nSPS) is 12.6. The van der Waals surface area contributed by atoms with Gasteiger partial charge in [-0.1, -0.05) is 37.3 Å². The molecule has 0 fully saturated rings. The van der Waals surface area contributed by atoms with Crippen molar-refractivity contribution in [1.82, 2.24) is 4.72 Å². The van der Waals surface area contributed by atoms with Crippen LogP contribution in [0.1, 0.15) is 39.7 Å². The molecule has 1 rings (SSSR count). The Morgan fingerprint density at radius 1 is 1.26 bits per heavy atom. The first-order chi connectivity index (χ1) is 9.15. The monoisotopic (exact) mass is 275 g/mol. The van der Waals surface area contributed by atoms with Crippen LogP contribution in [0.2, 0.25) is 0 Å². The van der Waals surface area contributed by atoms with Crippen LogP contribution in [0.4, 0.5) is 0 Å². The number of allylic oxidation sites excluding steroid dienone is 4. The number of hydrogen-bond donors (Lipinski definition) is 1. The van der Waals surface area contributed by atoms with Crippen LogP contribution in [0.25, 0.3) is 0 Å². The molecule has 1 aromatic rings. The van der Waals surface area contributed by atoms with E-state index in [-0.39, 0.29) is 0 Å². The van der Waals surface area contributed by atoms with Crippen LogP contribution in [-0.4, -0.2) is 6.04 Å². The Balaban J connectivity index is 2.63. The molecule has 19 heavy (non-hydrogen) atoms. The lowest BCUT2D eigenvalue weighted by molar-refractivity contribution is 0.771. The lowest BCUT2D eigenvalue weighted by atomic mass is 10.0. The average molecular weight is 275 g/mol. The van der Waals surface area contributed by atoms with Gasteiger partial charge in [0.25, 0.3) is 0 Å². The van der Waals surface area contributed by atoms with Crippen LogP contribution < -0.4 is 4.72 Å². The lowest BCUT2D eigenvalue weighted by Gasteiger charge is -2.08. The van der Waals surface area contributed by atoms with Crippen molar-refractivity contribution in [3.8, 4) is 0 Å². The van der Waals surface area contributed by atoms with E-state index in [0.29, 0.717) is 6.04 Å². The number of nitrogens with one attached hydrogen (secondary N) is 1. The number of benzene rings is 1. The SMILES string of the molecule is C/C=C\C(=C/CC)Cc1ccc(SNC(C)C)cc1. The van der Waals surface area contributed by atoms with E-state index in [2.05, 4.69) is 74.9 Å². The number of rotatable bonds is 7. The standard InChI is InChI=1S/C17H25NS/c1-5-7-15(8-6-2)13-16-9-11-17(12-10-16)19-18-14(3)4/h5,7-12,14,18H,6,13H2,1-4H3/b7-5-,15-8+. The minimum atomic E-state index is 0.499. The zero-order chi connectivity index (χ0) is 14.1. The molecule has 0 bridgehead atoms. The Labute approximate surface area is 122 Å². The highest BCUT2D eigenvalue weighted by molar-refractivity contribution is 7.97. The summed E-state index contributed by atoms with van der Waals surface area (Å²) in [6.07, 6.45) is 8.71. The maximum atomic E-state index is 3.36. The van der Waals surface area contributed by atoms with Gasteiger partial charge in [0.2, 0.25) is 0 Å². The van der Waals surface area contributed by atoms with Crippen molar-refractivity contribution >= 4 is 11.9 Å². The summed E-state index contributed by atoms with van der Waals surface area (Å²) in [5.41, 5.74) is 2.76. The minimum absolute atomic E-state index is 0.499. The molecular formula is C17H25NS. The van der Waals surface area contributed by atoms with E-state index < -0.39 is 0 Å². The first-order valence-electron chi connectivity index (χ1n) is 6.98. The summed E-state index contributed by atoms with van der Waals surface area (Å²) in [7, 11) is 0. The molecule has 0 aromatic heterocycles. The molecule has 0 atom stereocenters. The first kappa shape index (κ1) is 16.1. The van der Waals surface area contributed by atoms with Crippen molar-refractivity contribution in [3.05, 3.63) is 53.6 Å². The zero-order valence-corrected chi connectivity index (χ0v) is 13.3. The molecule has 0 amide bonds. The van der Waals surface area contributed by atoms with E-state index in [4.69, 9.17) is 0 Å². The molecule has 2 heteroatoms. The van der Waals surface area contributed by atoms with E-state index in [1.54, 1.807) is 11.9 Å². The predicted molar refractivity (Wildman–Crippen MR) is 87.5 cm³/mol. The predicted octanol–water partition coefficient (Wildman–Crippen LogP) is 5.15. The molecule has 0 saturated heterocycles. The smallest absolute Gasteiger partial charge is 0.0228 e. The van der Waals surface area contributed by atoms with Crippen molar-refractivity contribution in [3.63, 3.8) is 0 Å². The van der Waals surface area contributed by atoms with Crippen LogP contribution in [-0.2, 0) is 6.42 Å². The highest BCUT2D eigenvalue weighted by atomic mass is 32.2. The molecule has 104 valence electrons. The molecule has 1 N–H and O–H groups in total. The van der Waals surface area contributed by atoms with Crippen molar-refractivity contribution in [2.45, 2.75) is 51.5 Å². The summed E-state index contributed by atoms with van der Waals surface area (Å²) >= 11 is 1.70. The van der Waals surface area contributed by atoms with Crippen molar-refractivity contribution < 1.29 is 0 Å². The Hall–Kier alpha value is -0.990. The van der Waals surface area contributed by atoms with Gasteiger partial charge in [0.1, 0.15) is 0 Å². The van der Waals surface area contributed by atoms with Gasteiger partial charge in [-0.05, 0) is 68.8 Å². The summed E-state index contributed by atoms with van der Waals surface area (Å²) in [4.78, 5) is 1.27. The van der Waals surface area contributed by atoms with Crippen molar-refractivity contribution in [2.75, 3.05) is 0 Å². The summed E-state index contributed by atoms with van der Waals surface area (Å²) < 4.78 is 3.36. The molecule has 1 aromatic carbocycles. The van der Waals surface area contributed by atoms with E-state index in [9.17, 15) is 0 Å². The van der Waals surface area contributed by atoms with E-state index in [1.165, 1.54) is 16.0 Å². The first-order valence-corrected chi connectivity index (χ1v) is 7.80. The van der Waals surface area contributed by atoms with E-state index >= 15 is 0 Å². The highest BCUT2D eigenvalue weighted by Crippen LogP contribution is 2.18. The number of hydrogen-bond acceptors (Lipinski definition) is 2. The molecule has 0 aliphatic carbocycles. The van der Waals surface area contributed by atoms with Crippen LogP contribution in [0.3, 0.4) is 0 Å². The molecule has 0 spiro atoms. The molecule has 0 aliphatic rings. The lowest BCUT2D eigenvalue weighted by Crippen LogP contribution is -2.13. The summed E-state index contributed by atoms with van der Waals surface area (Å²) in [5, 5.41) is 0.